The molecule has 0 amide bonds. The van der Waals surface area contributed by atoms with Gasteiger partial charge in [0.15, 0.2) is 0 Å². The summed E-state index contributed by atoms with van der Waals surface area (Å²) in [6.07, 6.45) is 13.3. The fourth-order valence-corrected chi connectivity index (χ4v) is 4.78. The van der Waals surface area contributed by atoms with Crippen molar-refractivity contribution in [3.63, 3.8) is 0 Å². The molecule has 24 heavy (non-hydrogen) atoms. The van der Waals surface area contributed by atoms with E-state index < -0.39 is 8.32 Å². The number of carbonyl (C=O) groups is 1. The summed E-state index contributed by atoms with van der Waals surface area (Å²) in [7, 11) is -1.97. The second-order valence-corrected chi connectivity index (χ2v) is 11.2. The number of unbranched alkanes of at least 4 members (excludes halogenated alkanes) is 5. The van der Waals surface area contributed by atoms with Crippen LogP contribution in [0.2, 0.25) is 13.1 Å². The zero-order valence-corrected chi connectivity index (χ0v) is 16.7. The first-order valence-corrected chi connectivity index (χ1v) is 12.6. The van der Waals surface area contributed by atoms with Crippen molar-refractivity contribution < 1.29 is 9.22 Å². The molecule has 134 valence electrons. The van der Waals surface area contributed by atoms with Crippen LogP contribution in [0.3, 0.4) is 0 Å². The summed E-state index contributed by atoms with van der Waals surface area (Å²) in [5.74, 6) is -0.0288. The minimum absolute atomic E-state index is 0.0288. The van der Waals surface area contributed by atoms with Crippen LogP contribution in [0.4, 0.5) is 0 Å². The van der Waals surface area contributed by atoms with Crippen molar-refractivity contribution in [3.8, 4) is 0 Å². The lowest BCUT2D eigenvalue weighted by Gasteiger charge is -2.22. The average molecular weight is 347 g/mol. The average Bonchev–Trinajstić information content (AvgIpc) is 2.53. The molecule has 1 aromatic carbocycles. The molecule has 1 aromatic rings. The maximum absolute atomic E-state index is 12.0. The molecule has 0 atom stereocenters. The first-order chi connectivity index (χ1) is 11.5. The lowest BCUT2D eigenvalue weighted by atomic mass is 10.1. The molecule has 0 N–H and O–H groups in total. The van der Waals surface area contributed by atoms with Crippen LogP contribution in [-0.2, 0) is 15.3 Å². The highest BCUT2D eigenvalue weighted by Crippen LogP contribution is 2.15. The topological polar surface area (TPSA) is 26.3 Å². The van der Waals surface area contributed by atoms with Crippen LogP contribution < -0.4 is 0 Å². The van der Waals surface area contributed by atoms with Crippen LogP contribution in [0, 0.1) is 0 Å². The lowest BCUT2D eigenvalue weighted by Crippen LogP contribution is -2.36. The fraction of sp³-hybridized carbons (Fsp3) is 0.571. The fourth-order valence-electron chi connectivity index (χ4n) is 2.77. The summed E-state index contributed by atoms with van der Waals surface area (Å²) in [5.41, 5.74) is 1.26. The summed E-state index contributed by atoms with van der Waals surface area (Å²) in [5, 5.41) is 0. The van der Waals surface area contributed by atoms with Gasteiger partial charge >= 0.3 is 0 Å². The Bertz CT molecular complexity index is 480. The zero-order valence-electron chi connectivity index (χ0n) is 15.7. The van der Waals surface area contributed by atoms with Gasteiger partial charge in [-0.2, -0.15) is 0 Å². The standard InChI is InChI=1S/C21H34O2Si/c1-4-5-6-7-8-9-10-11-15-18-21(22)23-24(2,3)19-20-16-13-12-14-17-20/h9-10,12-14,16-17H,4-8,11,15,18-19H2,1-3H3/b10-9-. The summed E-state index contributed by atoms with van der Waals surface area (Å²) >= 11 is 0. The van der Waals surface area contributed by atoms with Gasteiger partial charge in [0, 0.05) is 12.5 Å². The van der Waals surface area contributed by atoms with Crippen LogP contribution in [0.5, 0.6) is 0 Å². The van der Waals surface area contributed by atoms with Gasteiger partial charge in [0.05, 0.1) is 0 Å². The second-order valence-electron chi connectivity index (χ2n) is 7.11. The van der Waals surface area contributed by atoms with E-state index in [4.69, 9.17) is 4.43 Å². The van der Waals surface area contributed by atoms with Gasteiger partial charge in [-0.15, -0.1) is 0 Å². The maximum atomic E-state index is 12.0. The molecule has 0 heterocycles. The summed E-state index contributed by atoms with van der Waals surface area (Å²) in [4.78, 5) is 12.0. The van der Waals surface area contributed by atoms with Crippen molar-refractivity contribution in [2.75, 3.05) is 0 Å². The van der Waals surface area contributed by atoms with E-state index in [2.05, 4.69) is 44.3 Å². The molecule has 0 aliphatic carbocycles. The molecule has 0 bridgehead atoms. The molecule has 0 saturated heterocycles. The van der Waals surface area contributed by atoms with Crippen LogP contribution in [-0.4, -0.2) is 14.3 Å². The third-order valence-corrected chi connectivity index (χ3v) is 6.05. The molecule has 2 nitrogen and oxygen atoms in total. The number of hydrogen-bond acceptors (Lipinski definition) is 2. The van der Waals surface area contributed by atoms with Gasteiger partial charge in [0.1, 0.15) is 0 Å². The monoisotopic (exact) mass is 346 g/mol. The minimum Gasteiger partial charge on any atom is -0.519 e. The van der Waals surface area contributed by atoms with E-state index in [1.165, 1.54) is 37.7 Å². The Morgan fingerprint density at radius 2 is 1.67 bits per heavy atom. The molecule has 0 fully saturated rings. The Morgan fingerprint density at radius 1 is 1.00 bits per heavy atom. The van der Waals surface area contributed by atoms with Crippen LogP contribution >= 0.6 is 0 Å². The summed E-state index contributed by atoms with van der Waals surface area (Å²) < 4.78 is 5.79. The van der Waals surface area contributed by atoms with Crippen molar-refractivity contribution in [2.24, 2.45) is 0 Å². The Hall–Kier alpha value is -1.35. The first kappa shape index (κ1) is 20.7. The zero-order chi connectivity index (χ0) is 17.7. The van der Waals surface area contributed by atoms with Crippen LogP contribution in [0.1, 0.15) is 63.9 Å². The van der Waals surface area contributed by atoms with E-state index >= 15 is 0 Å². The normalized spacial score (nSPS) is 11.8. The van der Waals surface area contributed by atoms with E-state index in [1.807, 2.05) is 18.2 Å². The smallest absolute Gasteiger partial charge is 0.292 e. The van der Waals surface area contributed by atoms with E-state index in [-0.39, 0.29) is 5.97 Å². The third kappa shape index (κ3) is 10.4. The molecular formula is C21H34O2Si. The molecular weight excluding hydrogens is 312 g/mol. The Balaban J connectivity index is 2.15. The van der Waals surface area contributed by atoms with Gasteiger partial charge in [-0.05, 0) is 44.3 Å². The summed E-state index contributed by atoms with van der Waals surface area (Å²) in [6, 6.07) is 11.2. The molecule has 0 saturated carbocycles. The van der Waals surface area contributed by atoms with Gasteiger partial charge in [-0.1, -0.05) is 68.7 Å². The summed E-state index contributed by atoms with van der Waals surface area (Å²) in [6.45, 7) is 6.47. The van der Waals surface area contributed by atoms with Crippen molar-refractivity contribution >= 4 is 14.3 Å². The Morgan fingerprint density at radius 3 is 2.33 bits per heavy atom. The number of rotatable bonds is 12. The number of benzene rings is 1. The molecule has 3 heteroatoms. The Labute approximate surface area is 149 Å². The molecule has 0 radical (unpaired) electrons. The Kier molecular flexibility index (Phi) is 10.4. The highest BCUT2D eigenvalue weighted by Gasteiger charge is 2.27. The number of hydrogen-bond donors (Lipinski definition) is 0. The molecule has 0 aromatic heterocycles. The number of allylic oxidation sites excluding steroid dienone is 2. The van der Waals surface area contributed by atoms with Gasteiger partial charge in [-0.3, -0.25) is 4.79 Å². The van der Waals surface area contributed by atoms with Crippen molar-refractivity contribution in [1.82, 2.24) is 0 Å². The lowest BCUT2D eigenvalue weighted by molar-refractivity contribution is -0.135. The first-order valence-electron chi connectivity index (χ1n) is 9.44. The van der Waals surface area contributed by atoms with E-state index in [0.717, 1.165) is 18.9 Å². The quantitative estimate of drug-likeness (QED) is 0.255. The van der Waals surface area contributed by atoms with Gasteiger partial charge in [0.2, 0.25) is 0 Å². The van der Waals surface area contributed by atoms with E-state index in [9.17, 15) is 4.79 Å². The van der Waals surface area contributed by atoms with Crippen molar-refractivity contribution in [2.45, 2.75) is 77.4 Å². The largest absolute Gasteiger partial charge is 0.519 e. The maximum Gasteiger partial charge on any atom is 0.292 e. The van der Waals surface area contributed by atoms with Crippen molar-refractivity contribution in [1.29, 1.82) is 0 Å². The molecule has 0 spiro atoms. The minimum atomic E-state index is -1.97. The van der Waals surface area contributed by atoms with Crippen LogP contribution in [0.25, 0.3) is 0 Å². The van der Waals surface area contributed by atoms with Gasteiger partial charge in [0.25, 0.3) is 14.3 Å². The van der Waals surface area contributed by atoms with Gasteiger partial charge in [-0.25, -0.2) is 0 Å². The molecule has 0 aliphatic rings. The highest BCUT2D eigenvalue weighted by molar-refractivity contribution is 6.72. The van der Waals surface area contributed by atoms with Crippen molar-refractivity contribution in [3.05, 3.63) is 48.0 Å². The van der Waals surface area contributed by atoms with E-state index in [1.54, 1.807) is 0 Å². The predicted octanol–water partition coefficient (Wildman–Crippen LogP) is 6.21. The van der Waals surface area contributed by atoms with Crippen LogP contribution in [0.15, 0.2) is 42.5 Å². The predicted molar refractivity (Wildman–Crippen MR) is 105 cm³/mol. The second kappa shape index (κ2) is 12.1. The number of carbonyl (C=O) groups excluding carboxylic acids is 1. The molecule has 0 aliphatic heterocycles. The SMILES string of the molecule is CCCCCC/C=C\CCCC(=O)O[Si](C)(C)Cc1ccccc1. The van der Waals surface area contributed by atoms with E-state index in [0.29, 0.717) is 6.42 Å². The highest BCUT2D eigenvalue weighted by atomic mass is 28.4. The molecule has 1 rings (SSSR count). The third-order valence-electron chi connectivity index (χ3n) is 4.01. The van der Waals surface area contributed by atoms with Gasteiger partial charge < -0.3 is 4.43 Å². The molecule has 0 unspecified atom stereocenters.